The number of nitrogens with zero attached hydrogens (tertiary/aromatic N) is 2. The number of hydrogen-bond donors (Lipinski definition) is 1. The summed E-state index contributed by atoms with van der Waals surface area (Å²) in [7, 11) is 0. The highest BCUT2D eigenvalue weighted by Crippen LogP contribution is 2.32. The van der Waals surface area contributed by atoms with Crippen molar-refractivity contribution in [2.24, 2.45) is 5.92 Å². The minimum absolute atomic E-state index is 0.000481. The van der Waals surface area contributed by atoms with Crippen LogP contribution in [0.25, 0.3) is 0 Å². The average Bonchev–Trinajstić information content (AvgIpc) is 3.07. The average molecular weight is 380 g/mol. The zero-order valence-corrected chi connectivity index (χ0v) is 16.7. The monoisotopic (exact) mass is 379 g/mol. The zero-order chi connectivity index (χ0) is 19.5. The van der Waals surface area contributed by atoms with Gasteiger partial charge in [0.15, 0.2) is 0 Å². The largest absolute Gasteiger partial charge is 0.490 e. The maximum Gasteiger partial charge on any atom is 0.217 e. The molecule has 0 saturated carbocycles. The summed E-state index contributed by atoms with van der Waals surface area (Å²) in [5.41, 5.74) is 3.66. The first kappa shape index (κ1) is 18.9. The van der Waals surface area contributed by atoms with E-state index in [4.69, 9.17) is 4.74 Å². The Hall–Kier alpha value is -2.40. The molecular weight excluding hydrogens is 350 g/mol. The second-order valence-electron chi connectivity index (χ2n) is 8.12. The van der Waals surface area contributed by atoms with Crippen molar-refractivity contribution in [3.63, 3.8) is 0 Å². The lowest BCUT2D eigenvalue weighted by Gasteiger charge is -2.36. The predicted molar refractivity (Wildman–Crippen MR) is 109 cm³/mol. The first-order valence-electron chi connectivity index (χ1n) is 10.3. The Morgan fingerprint density at radius 2 is 2.11 bits per heavy atom. The Balaban J connectivity index is 1.37. The second kappa shape index (κ2) is 8.31. The van der Waals surface area contributed by atoms with Crippen LogP contribution >= 0.6 is 0 Å². The molecule has 4 rings (SSSR count). The van der Waals surface area contributed by atoms with Gasteiger partial charge in [0.2, 0.25) is 5.91 Å². The van der Waals surface area contributed by atoms with Gasteiger partial charge in [-0.15, -0.1) is 0 Å². The van der Waals surface area contributed by atoms with E-state index in [-0.39, 0.29) is 11.9 Å². The van der Waals surface area contributed by atoms with Crippen molar-refractivity contribution < 1.29 is 9.53 Å². The van der Waals surface area contributed by atoms with Gasteiger partial charge in [0, 0.05) is 26.1 Å². The van der Waals surface area contributed by atoms with Gasteiger partial charge in [-0.3, -0.25) is 14.7 Å². The molecule has 1 N–H and O–H groups in total. The topological polar surface area (TPSA) is 54.5 Å². The van der Waals surface area contributed by atoms with Gasteiger partial charge in [0.25, 0.3) is 0 Å². The summed E-state index contributed by atoms with van der Waals surface area (Å²) in [5, 5.41) is 3.13. The van der Waals surface area contributed by atoms with Crippen LogP contribution in [-0.4, -0.2) is 35.0 Å². The number of fused-ring (bicyclic) bond motifs is 1. The molecule has 2 aliphatic rings. The smallest absolute Gasteiger partial charge is 0.217 e. The second-order valence-corrected chi connectivity index (χ2v) is 8.12. The van der Waals surface area contributed by atoms with Gasteiger partial charge < -0.3 is 10.1 Å². The molecule has 1 aromatic heterocycles. The molecule has 0 spiro atoms. The van der Waals surface area contributed by atoms with E-state index in [0.717, 1.165) is 50.3 Å². The number of amides is 1. The lowest BCUT2D eigenvalue weighted by atomic mass is 9.87. The number of benzene rings is 1. The zero-order valence-electron chi connectivity index (χ0n) is 16.7. The van der Waals surface area contributed by atoms with E-state index in [1.165, 1.54) is 11.1 Å². The van der Waals surface area contributed by atoms with Gasteiger partial charge in [-0.25, -0.2) is 0 Å². The molecule has 1 amide bonds. The quantitative estimate of drug-likeness (QED) is 0.864. The Bertz CT molecular complexity index is 816. The molecule has 28 heavy (non-hydrogen) atoms. The van der Waals surface area contributed by atoms with Crippen LogP contribution in [0.2, 0.25) is 0 Å². The third kappa shape index (κ3) is 4.36. The molecule has 0 unspecified atom stereocenters. The van der Waals surface area contributed by atoms with Crippen molar-refractivity contribution in [3.8, 4) is 5.75 Å². The summed E-state index contributed by atoms with van der Waals surface area (Å²) >= 11 is 0. The summed E-state index contributed by atoms with van der Waals surface area (Å²) in [4.78, 5) is 18.7. The van der Waals surface area contributed by atoms with Crippen LogP contribution in [0.1, 0.15) is 49.6 Å². The lowest BCUT2D eigenvalue weighted by Crippen LogP contribution is -2.40. The van der Waals surface area contributed by atoms with Crippen LogP contribution in [0.4, 0.5) is 0 Å². The Morgan fingerprint density at radius 1 is 1.29 bits per heavy atom. The number of likely N-dealkylation sites (tertiary alicyclic amines) is 1. The van der Waals surface area contributed by atoms with Crippen LogP contribution < -0.4 is 10.1 Å². The normalized spacial score (nSPS) is 21.0. The molecule has 0 bridgehead atoms. The summed E-state index contributed by atoms with van der Waals surface area (Å²) in [6, 6.07) is 12.5. The van der Waals surface area contributed by atoms with Crippen LogP contribution in [0.15, 0.2) is 42.6 Å². The van der Waals surface area contributed by atoms with Gasteiger partial charge in [-0.2, -0.15) is 0 Å². The third-order valence-electron chi connectivity index (χ3n) is 5.84. The van der Waals surface area contributed by atoms with Gasteiger partial charge in [-0.05, 0) is 68.1 Å². The number of nitrogens with one attached hydrogen (secondary N) is 1. The van der Waals surface area contributed by atoms with Crippen molar-refractivity contribution >= 4 is 5.91 Å². The summed E-state index contributed by atoms with van der Waals surface area (Å²) in [6.07, 6.45) is 5.23. The molecule has 2 aromatic rings. The van der Waals surface area contributed by atoms with E-state index >= 15 is 0 Å². The van der Waals surface area contributed by atoms with Gasteiger partial charge in [0.05, 0.1) is 11.7 Å². The highest BCUT2D eigenvalue weighted by atomic mass is 16.5. The standard InChI is InChI=1S/C23H29N3O2/c1-16-13-20-14-18(6-7-22(20)28-16)15-26-11-8-19(9-12-26)23(25-17(2)27)21-5-3-4-10-24-21/h3-7,10,14,16,19,23H,8-9,11-13,15H2,1-2H3,(H,25,27)/t16-,23+/m1/s1. The molecule has 0 radical (unpaired) electrons. The fourth-order valence-electron chi connectivity index (χ4n) is 4.49. The van der Waals surface area contributed by atoms with E-state index in [1.54, 1.807) is 13.1 Å². The van der Waals surface area contributed by atoms with Crippen LogP contribution in [0, 0.1) is 5.92 Å². The minimum Gasteiger partial charge on any atom is -0.490 e. The van der Waals surface area contributed by atoms with E-state index < -0.39 is 0 Å². The number of pyridine rings is 1. The van der Waals surface area contributed by atoms with Crippen LogP contribution in [-0.2, 0) is 17.8 Å². The van der Waals surface area contributed by atoms with Crippen molar-refractivity contribution in [2.75, 3.05) is 13.1 Å². The van der Waals surface area contributed by atoms with Crippen molar-refractivity contribution in [1.29, 1.82) is 0 Å². The van der Waals surface area contributed by atoms with Crippen LogP contribution in [0.5, 0.6) is 5.75 Å². The molecule has 2 atom stereocenters. The fourth-order valence-corrected chi connectivity index (χ4v) is 4.49. The number of ether oxygens (including phenoxy) is 1. The molecule has 2 aliphatic heterocycles. The number of hydrogen-bond acceptors (Lipinski definition) is 4. The number of carbonyl (C=O) groups excluding carboxylic acids is 1. The molecule has 5 nitrogen and oxygen atoms in total. The van der Waals surface area contributed by atoms with E-state index in [9.17, 15) is 4.79 Å². The third-order valence-corrected chi connectivity index (χ3v) is 5.84. The molecule has 1 saturated heterocycles. The molecule has 1 fully saturated rings. The number of aromatic nitrogens is 1. The SMILES string of the molecule is CC(=O)N[C@H](c1ccccn1)C1CCN(Cc2ccc3c(c2)C[C@@H](C)O3)CC1. The Morgan fingerprint density at radius 3 is 2.82 bits per heavy atom. The molecule has 1 aromatic carbocycles. The Kier molecular flexibility index (Phi) is 5.62. The lowest BCUT2D eigenvalue weighted by molar-refractivity contribution is -0.120. The molecule has 0 aliphatic carbocycles. The van der Waals surface area contributed by atoms with E-state index in [0.29, 0.717) is 12.0 Å². The highest BCUT2D eigenvalue weighted by Gasteiger charge is 2.29. The molecule has 148 valence electrons. The number of rotatable bonds is 5. The summed E-state index contributed by atoms with van der Waals surface area (Å²) < 4.78 is 5.81. The minimum atomic E-state index is -0.000481. The summed E-state index contributed by atoms with van der Waals surface area (Å²) in [5.74, 6) is 1.47. The van der Waals surface area contributed by atoms with Gasteiger partial charge >= 0.3 is 0 Å². The highest BCUT2D eigenvalue weighted by molar-refractivity contribution is 5.73. The van der Waals surface area contributed by atoms with Crippen molar-refractivity contribution in [3.05, 3.63) is 59.4 Å². The van der Waals surface area contributed by atoms with Crippen molar-refractivity contribution in [1.82, 2.24) is 15.2 Å². The first-order chi connectivity index (χ1) is 13.6. The molecular formula is C23H29N3O2. The van der Waals surface area contributed by atoms with E-state index in [2.05, 4.69) is 40.3 Å². The number of piperidine rings is 1. The maximum absolute atomic E-state index is 11.7. The van der Waals surface area contributed by atoms with Crippen molar-refractivity contribution in [2.45, 2.75) is 51.8 Å². The summed E-state index contributed by atoms with van der Waals surface area (Å²) in [6.45, 7) is 6.76. The fraction of sp³-hybridized carbons (Fsp3) is 0.478. The molecule has 3 heterocycles. The maximum atomic E-state index is 11.7. The number of carbonyl (C=O) groups is 1. The first-order valence-corrected chi connectivity index (χ1v) is 10.3. The molecule has 5 heteroatoms. The van der Waals surface area contributed by atoms with Gasteiger partial charge in [0.1, 0.15) is 11.9 Å². The van der Waals surface area contributed by atoms with Crippen LogP contribution in [0.3, 0.4) is 0 Å². The van der Waals surface area contributed by atoms with Gasteiger partial charge in [-0.1, -0.05) is 18.2 Å². The Labute approximate surface area is 167 Å². The predicted octanol–water partition coefficient (Wildman–Crippen LogP) is 3.49. The van der Waals surface area contributed by atoms with E-state index in [1.807, 2.05) is 18.2 Å².